The monoisotopic (exact) mass is 352 g/mol. The minimum absolute atomic E-state index is 0.0507. The molecule has 1 saturated heterocycles. The van der Waals surface area contributed by atoms with E-state index < -0.39 is 15.8 Å². The number of carbonyl (C=O) groups is 1. The lowest BCUT2D eigenvalue weighted by atomic mass is 10.3. The molecule has 0 radical (unpaired) electrons. The summed E-state index contributed by atoms with van der Waals surface area (Å²) in [4.78, 5) is 13.9. The average molecular weight is 352 g/mol. The van der Waals surface area contributed by atoms with Gasteiger partial charge in [-0.15, -0.1) is 0 Å². The quantitative estimate of drug-likeness (QED) is 0.847. The van der Waals surface area contributed by atoms with E-state index in [-0.39, 0.29) is 29.7 Å². The minimum atomic E-state index is -3.70. The van der Waals surface area contributed by atoms with E-state index in [1.165, 1.54) is 22.7 Å². The predicted molar refractivity (Wildman–Crippen MR) is 84.4 cm³/mol. The lowest BCUT2D eigenvalue weighted by molar-refractivity contribution is 0.0732. The molecular weight excluding hydrogens is 335 g/mol. The molecule has 1 aromatic carbocycles. The van der Waals surface area contributed by atoms with Crippen molar-refractivity contribution >= 4 is 15.9 Å². The van der Waals surface area contributed by atoms with Crippen LogP contribution in [0.3, 0.4) is 0 Å². The Morgan fingerprint density at radius 2 is 1.79 bits per heavy atom. The zero-order valence-corrected chi connectivity index (χ0v) is 13.7. The first-order valence-electron chi connectivity index (χ1n) is 7.57. The Labute approximate surface area is 139 Å². The first-order chi connectivity index (χ1) is 11.5. The van der Waals surface area contributed by atoms with E-state index in [1.807, 2.05) is 0 Å². The van der Waals surface area contributed by atoms with Crippen LogP contribution in [-0.2, 0) is 10.0 Å². The summed E-state index contributed by atoms with van der Waals surface area (Å²) in [5.74, 6) is -0.495. The van der Waals surface area contributed by atoms with Gasteiger partial charge in [0, 0.05) is 26.2 Å². The fraction of sp³-hybridized carbons (Fsp3) is 0.312. The highest BCUT2D eigenvalue weighted by atomic mass is 32.2. The first-order valence-corrected chi connectivity index (χ1v) is 9.01. The van der Waals surface area contributed by atoms with Crippen LogP contribution in [0.5, 0.6) is 0 Å². The fourth-order valence-corrected chi connectivity index (χ4v) is 4.12. The van der Waals surface area contributed by atoms with Crippen molar-refractivity contribution < 1.29 is 22.0 Å². The van der Waals surface area contributed by atoms with Crippen LogP contribution in [0.1, 0.15) is 17.0 Å². The van der Waals surface area contributed by atoms with Crippen molar-refractivity contribution in [3.63, 3.8) is 0 Å². The third-order valence-corrected chi connectivity index (χ3v) is 5.84. The normalized spacial score (nSPS) is 16.8. The SMILES string of the molecule is O=C(c1ccco1)N1CCCN(S(=O)(=O)c2ccc(F)cc2)CC1. The van der Waals surface area contributed by atoms with E-state index in [2.05, 4.69) is 0 Å². The van der Waals surface area contributed by atoms with Crippen molar-refractivity contribution in [3.05, 3.63) is 54.2 Å². The second-order valence-electron chi connectivity index (χ2n) is 5.48. The van der Waals surface area contributed by atoms with Crippen LogP contribution in [0.15, 0.2) is 52.0 Å². The highest BCUT2D eigenvalue weighted by Gasteiger charge is 2.29. The Kier molecular flexibility index (Phi) is 4.68. The molecule has 8 heteroatoms. The number of hydrogen-bond acceptors (Lipinski definition) is 4. The molecule has 0 unspecified atom stereocenters. The molecule has 1 aromatic heterocycles. The summed E-state index contributed by atoms with van der Waals surface area (Å²) >= 11 is 0. The molecule has 6 nitrogen and oxygen atoms in total. The molecule has 0 spiro atoms. The molecule has 1 fully saturated rings. The summed E-state index contributed by atoms with van der Waals surface area (Å²) in [7, 11) is -3.70. The highest BCUT2D eigenvalue weighted by Crippen LogP contribution is 2.19. The Balaban J connectivity index is 1.73. The Bertz CT molecular complexity index is 803. The van der Waals surface area contributed by atoms with Gasteiger partial charge in [-0.2, -0.15) is 4.31 Å². The van der Waals surface area contributed by atoms with Gasteiger partial charge in [-0.05, 0) is 42.8 Å². The average Bonchev–Trinajstić information content (AvgIpc) is 2.98. The second kappa shape index (κ2) is 6.74. The maximum Gasteiger partial charge on any atom is 0.289 e. The number of furan rings is 1. The van der Waals surface area contributed by atoms with Crippen LogP contribution < -0.4 is 0 Å². The van der Waals surface area contributed by atoms with Crippen LogP contribution in [0.2, 0.25) is 0 Å². The maximum absolute atomic E-state index is 13.0. The molecule has 2 aromatic rings. The smallest absolute Gasteiger partial charge is 0.289 e. The Morgan fingerprint density at radius 1 is 1.04 bits per heavy atom. The van der Waals surface area contributed by atoms with E-state index >= 15 is 0 Å². The molecule has 0 saturated carbocycles. The van der Waals surface area contributed by atoms with Crippen LogP contribution in [0, 0.1) is 5.82 Å². The molecular formula is C16H17FN2O4S. The molecule has 0 bridgehead atoms. The number of carbonyl (C=O) groups excluding carboxylic acids is 1. The molecule has 1 aliphatic heterocycles. The number of nitrogens with zero attached hydrogens (tertiary/aromatic N) is 2. The summed E-state index contributed by atoms with van der Waals surface area (Å²) < 4.78 is 44.7. The number of halogens is 1. The number of amides is 1. The lowest BCUT2D eigenvalue weighted by Crippen LogP contribution is -2.37. The largest absolute Gasteiger partial charge is 0.459 e. The summed E-state index contributed by atoms with van der Waals surface area (Å²) in [5, 5.41) is 0. The van der Waals surface area contributed by atoms with Crippen LogP contribution in [-0.4, -0.2) is 49.7 Å². The highest BCUT2D eigenvalue weighted by molar-refractivity contribution is 7.89. The molecule has 1 amide bonds. The standard InChI is InChI=1S/C16H17FN2O4S/c17-13-4-6-14(7-5-13)24(21,22)19-9-2-8-18(10-11-19)16(20)15-3-1-12-23-15/h1,3-7,12H,2,8-11H2. The molecule has 0 N–H and O–H groups in total. The zero-order valence-electron chi connectivity index (χ0n) is 12.9. The van der Waals surface area contributed by atoms with Gasteiger partial charge in [0.2, 0.25) is 10.0 Å². The summed E-state index contributed by atoms with van der Waals surface area (Å²) in [6.07, 6.45) is 1.95. The molecule has 24 heavy (non-hydrogen) atoms. The van der Waals surface area contributed by atoms with Crippen molar-refractivity contribution in [2.24, 2.45) is 0 Å². The van der Waals surface area contributed by atoms with E-state index in [1.54, 1.807) is 17.0 Å². The zero-order chi connectivity index (χ0) is 17.2. The van der Waals surface area contributed by atoms with Gasteiger partial charge in [-0.25, -0.2) is 12.8 Å². The predicted octanol–water partition coefficient (Wildman–Crippen LogP) is 1.96. The number of rotatable bonds is 3. The van der Waals surface area contributed by atoms with Crippen molar-refractivity contribution in [1.29, 1.82) is 0 Å². The Morgan fingerprint density at radius 3 is 2.46 bits per heavy atom. The van der Waals surface area contributed by atoms with Gasteiger partial charge >= 0.3 is 0 Å². The molecule has 128 valence electrons. The minimum Gasteiger partial charge on any atom is -0.459 e. The number of benzene rings is 1. The number of sulfonamides is 1. The second-order valence-corrected chi connectivity index (χ2v) is 7.42. The summed E-state index contributed by atoms with van der Waals surface area (Å²) in [6.45, 7) is 1.22. The Hall–Kier alpha value is -2.19. The first kappa shape index (κ1) is 16.7. The van der Waals surface area contributed by atoms with Gasteiger partial charge in [-0.3, -0.25) is 4.79 Å². The van der Waals surface area contributed by atoms with E-state index in [0.29, 0.717) is 19.5 Å². The topological polar surface area (TPSA) is 70.8 Å². The van der Waals surface area contributed by atoms with E-state index in [4.69, 9.17) is 4.42 Å². The molecule has 2 heterocycles. The van der Waals surface area contributed by atoms with Crippen LogP contribution >= 0.6 is 0 Å². The van der Waals surface area contributed by atoms with Crippen molar-refractivity contribution in [3.8, 4) is 0 Å². The van der Waals surface area contributed by atoms with Gasteiger partial charge < -0.3 is 9.32 Å². The van der Waals surface area contributed by atoms with Gasteiger partial charge in [-0.1, -0.05) is 0 Å². The molecule has 1 aliphatic rings. The van der Waals surface area contributed by atoms with Gasteiger partial charge in [0.15, 0.2) is 5.76 Å². The third-order valence-electron chi connectivity index (χ3n) is 3.93. The van der Waals surface area contributed by atoms with Crippen molar-refractivity contribution in [2.45, 2.75) is 11.3 Å². The van der Waals surface area contributed by atoms with Crippen molar-refractivity contribution in [2.75, 3.05) is 26.2 Å². The lowest BCUT2D eigenvalue weighted by Gasteiger charge is -2.21. The van der Waals surface area contributed by atoms with Gasteiger partial charge in [0.25, 0.3) is 5.91 Å². The van der Waals surface area contributed by atoms with E-state index in [0.717, 1.165) is 12.1 Å². The van der Waals surface area contributed by atoms with Crippen LogP contribution in [0.25, 0.3) is 0 Å². The summed E-state index contributed by atoms with van der Waals surface area (Å²) in [6, 6.07) is 7.97. The summed E-state index contributed by atoms with van der Waals surface area (Å²) in [5.41, 5.74) is 0. The van der Waals surface area contributed by atoms with E-state index in [9.17, 15) is 17.6 Å². The van der Waals surface area contributed by atoms with Gasteiger partial charge in [0.1, 0.15) is 5.82 Å². The maximum atomic E-state index is 13.0. The number of hydrogen-bond donors (Lipinski definition) is 0. The van der Waals surface area contributed by atoms with Gasteiger partial charge in [0.05, 0.1) is 11.2 Å². The van der Waals surface area contributed by atoms with Crippen LogP contribution in [0.4, 0.5) is 4.39 Å². The molecule has 0 aliphatic carbocycles. The van der Waals surface area contributed by atoms with Crippen molar-refractivity contribution in [1.82, 2.24) is 9.21 Å². The third kappa shape index (κ3) is 3.34. The molecule has 0 atom stereocenters. The fourth-order valence-electron chi connectivity index (χ4n) is 2.65. The molecule has 3 rings (SSSR count).